The quantitative estimate of drug-likeness (QED) is 0.910. The van der Waals surface area contributed by atoms with Gasteiger partial charge >= 0.3 is 0 Å². The second kappa shape index (κ2) is 4.99. The molecule has 0 aliphatic carbocycles. The van der Waals surface area contributed by atoms with Crippen molar-refractivity contribution in [3.63, 3.8) is 0 Å². The number of nitrogens with two attached hydrogens (primary N) is 1. The summed E-state index contributed by atoms with van der Waals surface area (Å²) in [7, 11) is 3.43. The highest BCUT2D eigenvalue weighted by molar-refractivity contribution is 5.97. The maximum absolute atomic E-state index is 12.5. The second-order valence-corrected chi connectivity index (χ2v) is 4.94. The summed E-state index contributed by atoms with van der Waals surface area (Å²) in [5, 5.41) is 8.04. The van der Waals surface area contributed by atoms with Crippen LogP contribution in [0, 0.1) is 20.8 Å². The van der Waals surface area contributed by atoms with Crippen LogP contribution in [-0.4, -0.2) is 32.8 Å². The normalized spacial score (nSPS) is 10.8. The number of amides is 1. The summed E-state index contributed by atoms with van der Waals surface area (Å²) in [5.41, 5.74) is 9.09. The molecular weight excluding hydrogens is 258 g/mol. The SMILES string of the molecule is Cc1nn(C)c(C(=O)N(C)Cc2c(C)noc2C)c1N. The first kappa shape index (κ1) is 14.1. The van der Waals surface area contributed by atoms with E-state index >= 15 is 0 Å². The Morgan fingerprint density at radius 1 is 1.35 bits per heavy atom. The predicted octanol–water partition coefficient (Wildman–Crippen LogP) is 1.19. The van der Waals surface area contributed by atoms with Gasteiger partial charge in [-0.25, -0.2) is 0 Å². The van der Waals surface area contributed by atoms with Gasteiger partial charge in [0.25, 0.3) is 5.91 Å². The third-order valence-corrected chi connectivity index (χ3v) is 3.39. The van der Waals surface area contributed by atoms with E-state index in [2.05, 4.69) is 10.3 Å². The molecule has 0 saturated carbocycles. The molecule has 0 atom stereocenters. The van der Waals surface area contributed by atoms with Crippen LogP contribution in [0.2, 0.25) is 0 Å². The fourth-order valence-corrected chi connectivity index (χ4v) is 2.15. The largest absolute Gasteiger partial charge is 0.395 e. The molecule has 0 bridgehead atoms. The van der Waals surface area contributed by atoms with E-state index in [1.54, 1.807) is 25.9 Å². The van der Waals surface area contributed by atoms with E-state index in [9.17, 15) is 4.79 Å². The predicted molar refractivity (Wildman–Crippen MR) is 74.1 cm³/mol. The Morgan fingerprint density at radius 3 is 2.45 bits per heavy atom. The van der Waals surface area contributed by atoms with Crippen molar-refractivity contribution in [2.45, 2.75) is 27.3 Å². The molecule has 20 heavy (non-hydrogen) atoms. The molecular formula is C13H19N5O2. The smallest absolute Gasteiger partial charge is 0.274 e. The second-order valence-electron chi connectivity index (χ2n) is 4.94. The van der Waals surface area contributed by atoms with Crippen molar-refractivity contribution >= 4 is 11.6 Å². The monoisotopic (exact) mass is 277 g/mol. The molecule has 2 aromatic heterocycles. The van der Waals surface area contributed by atoms with Gasteiger partial charge in [-0.05, 0) is 20.8 Å². The third-order valence-electron chi connectivity index (χ3n) is 3.39. The van der Waals surface area contributed by atoms with Gasteiger partial charge in [-0.1, -0.05) is 5.16 Å². The molecule has 0 spiro atoms. The van der Waals surface area contributed by atoms with E-state index in [0.29, 0.717) is 23.6 Å². The summed E-state index contributed by atoms with van der Waals surface area (Å²) in [6.07, 6.45) is 0. The van der Waals surface area contributed by atoms with Gasteiger partial charge in [-0.15, -0.1) is 0 Å². The van der Waals surface area contributed by atoms with Crippen molar-refractivity contribution in [1.29, 1.82) is 0 Å². The molecule has 0 unspecified atom stereocenters. The maximum Gasteiger partial charge on any atom is 0.274 e. The number of hydrogen-bond acceptors (Lipinski definition) is 5. The highest BCUT2D eigenvalue weighted by Crippen LogP contribution is 2.19. The number of rotatable bonds is 3. The van der Waals surface area contributed by atoms with Gasteiger partial charge < -0.3 is 15.2 Å². The number of nitrogens with zero attached hydrogens (tertiary/aromatic N) is 4. The topological polar surface area (TPSA) is 90.2 Å². The number of carbonyl (C=O) groups excluding carboxylic acids is 1. The molecule has 2 rings (SSSR count). The standard InChI is InChI=1S/C13H19N5O2/c1-7-10(9(3)20-16-7)6-17(4)13(19)12-11(14)8(2)15-18(12)5/h6,14H2,1-5H3. The van der Waals surface area contributed by atoms with Gasteiger partial charge in [0.1, 0.15) is 11.5 Å². The van der Waals surface area contributed by atoms with Crippen molar-refractivity contribution in [2.24, 2.45) is 7.05 Å². The minimum atomic E-state index is -0.175. The lowest BCUT2D eigenvalue weighted by Gasteiger charge is -2.17. The molecule has 2 N–H and O–H groups in total. The Hall–Kier alpha value is -2.31. The number of aromatic nitrogens is 3. The molecule has 0 aliphatic heterocycles. The molecule has 1 amide bonds. The average Bonchev–Trinajstić information content (AvgIpc) is 2.82. The lowest BCUT2D eigenvalue weighted by atomic mass is 10.2. The highest BCUT2D eigenvalue weighted by Gasteiger charge is 2.23. The molecule has 7 heteroatoms. The Balaban J connectivity index is 2.25. The van der Waals surface area contributed by atoms with Crippen LogP contribution in [0.3, 0.4) is 0 Å². The summed E-state index contributed by atoms with van der Waals surface area (Å²) in [4.78, 5) is 14.1. The average molecular weight is 277 g/mol. The van der Waals surface area contributed by atoms with Gasteiger partial charge in [0.15, 0.2) is 0 Å². The molecule has 0 aromatic carbocycles. The minimum Gasteiger partial charge on any atom is -0.395 e. The minimum absolute atomic E-state index is 0.175. The summed E-state index contributed by atoms with van der Waals surface area (Å²) in [5.74, 6) is 0.543. The van der Waals surface area contributed by atoms with E-state index < -0.39 is 0 Å². The van der Waals surface area contributed by atoms with Crippen molar-refractivity contribution in [2.75, 3.05) is 12.8 Å². The molecule has 108 valence electrons. The van der Waals surface area contributed by atoms with Crippen molar-refractivity contribution in [3.8, 4) is 0 Å². The fourth-order valence-electron chi connectivity index (χ4n) is 2.15. The van der Waals surface area contributed by atoms with Crippen LogP contribution in [0.15, 0.2) is 4.52 Å². The Labute approximate surface area is 117 Å². The lowest BCUT2D eigenvalue weighted by Crippen LogP contribution is -2.29. The molecule has 0 saturated heterocycles. The lowest BCUT2D eigenvalue weighted by molar-refractivity contribution is 0.0774. The van der Waals surface area contributed by atoms with Crippen LogP contribution >= 0.6 is 0 Å². The van der Waals surface area contributed by atoms with Crippen LogP contribution in [0.5, 0.6) is 0 Å². The molecule has 0 radical (unpaired) electrons. The first-order chi connectivity index (χ1) is 9.32. The van der Waals surface area contributed by atoms with Crippen molar-refractivity contribution in [3.05, 3.63) is 28.4 Å². The number of carbonyl (C=O) groups is 1. The van der Waals surface area contributed by atoms with Gasteiger partial charge in [0.05, 0.1) is 23.6 Å². The van der Waals surface area contributed by atoms with Gasteiger partial charge in [0, 0.05) is 19.7 Å². The molecule has 2 heterocycles. The maximum atomic E-state index is 12.5. The number of hydrogen-bond donors (Lipinski definition) is 1. The van der Waals surface area contributed by atoms with E-state index in [0.717, 1.165) is 17.0 Å². The number of anilines is 1. The summed E-state index contributed by atoms with van der Waals surface area (Å²) in [6, 6.07) is 0. The third kappa shape index (κ3) is 2.26. The van der Waals surface area contributed by atoms with E-state index in [4.69, 9.17) is 10.3 Å². The summed E-state index contributed by atoms with van der Waals surface area (Å²) < 4.78 is 6.61. The first-order valence-corrected chi connectivity index (χ1v) is 6.29. The highest BCUT2D eigenvalue weighted by atomic mass is 16.5. The fraction of sp³-hybridized carbons (Fsp3) is 0.462. The zero-order valence-electron chi connectivity index (χ0n) is 12.4. The van der Waals surface area contributed by atoms with Gasteiger partial charge in [0.2, 0.25) is 0 Å². The van der Waals surface area contributed by atoms with Crippen molar-refractivity contribution < 1.29 is 9.32 Å². The Kier molecular flexibility index (Phi) is 3.52. The number of aryl methyl sites for hydroxylation is 4. The van der Waals surface area contributed by atoms with Crippen LogP contribution < -0.4 is 5.73 Å². The van der Waals surface area contributed by atoms with Crippen LogP contribution in [0.25, 0.3) is 0 Å². The van der Waals surface area contributed by atoms with Crippen molar-refractivity contribution in [1.82, 2.24) is 19.8 Å². The Morgan fingerprint density at radius 2 is 2.00 bits per heavy atom. The number of nitrogen functional groups attached to an aromatic ring is 1. The zero-order chi connectivity index (χ0) is 15.0. The molecule has 7 nitrogen and oxygen atoms in total. The van der Waals surface area contributed by atoms with Crippen LogP contribution in [-0.2, 0) is 13.6 Å². The molecule has 0 aliphatic rings. The van der Waals surface area contributed by atoms with Gasteiger partial charge in [-0.3, -0.25) is 9.48 Å². The van der Waals surface area contributed by atoms with Gasteiger partial charge in [-0.2, -0.15) is 5.10 Å². The van der Waals surface area contributed by atoms with E-state index in [-0.39, 0.29) is 5.91 Å². The molecule has 0 fully saturated rings. The van der Waals surface area contributed by atoms with E-state index in [1.807, 2.05) is 13.8 Å². The summed E-state index contributed by atoms with van der Waals surface area (Å²) in [6.45, 7) is 5.88. The van der Waals surface area contributed by atoms with E-state index in [1.165, 1.54) is 4.68 Å². The Bertz CT molecular complexity index is 637. The zero-order valence-corrected chi connectivity index (χ0v) is 12.4. The van der Waals surface area contributed by atoms with Crippen LogP contribution in [0.1, 0.15) is 33.2 Å². The van der Waals surface area contributed by atoms with Crippen LogP contribution in [0.4, 0.5) is 5.69 Å². The molecule has 2 aromatic rings. The summed E-state index contributed by atoms with van der Waals surface area (Å²) >= 11 is 0. The first-order valence-electron chi connectivity index (χ1n) is 6.29.